The molecule has 4 heteroatoms. The van der Waals surface area contributed by atoms with Crippen LogP contribution >= 0.6 is 0 Å². The van der Waals surface area contributed by atoms with E-state index in [4.69, 9.17) is 5.11 Å². The summed E-state index contributed by atoms with van der Waals surface area (Å²) in [6.07, 6.45) is 1.93. The van der Waals surface area contributed by atoms with Gasteiger partial charge in [0.15, 0.2) is 0 Å². The molecule has 1 rings (SSSR count). The van der Waals surface area contributed by atoms with Crippen molar-refractivity contribution in [3.8, 4) is 0 Å². The Balaban J connectivity index is 2.27. The van der Waals surface area contributed by atoms with Crippen LogP contribution in [-0.2, 0) is 17.9 Å². The van der Waals surface area contributed by atoms with E-state index in [1.807, 2.05) is 24.3 Å². The zero-order valence-corrected chi connectivity index (χ0v) is 11.8. The van der Waals surface area contributed by atoms with Crippen molar-refractivity contribution in [3.05, 3.63) is 35.4 Å². The molecular formula is C15H24N2O2. The predicted molar refractivity (Wildman–Crippen MR) is 76.6 cm³/mol. The van der Waals surface area contributed by atoms with Gasteiger partial charge in [0.05, 0.1) is 13.2 Å². The minimum Gasteiger partial charge on any atom is -0.392 e. The van der Waals surface area contributed by atoms with Crippen LogP contribution in [0.4, 0.5) is 0 Å². The summed E-state index contributed by atoms with van der Waals surface area (Å²) < 4.78 is 0. The van der Waals surface area contributed by atoms with Crippen molar-refractivity contribution in [2.45, 2.75) is 45.9 Å². The molecule has 0 saturated carbocycles. The zero-order valence-electron chi connectivity index (χ0n) is 11.8. The second kappa shape index (κ2) is 8.67. The fourth-order valence-electron chi connectivity index (χ4n) is 1.85. The number of aliphatic hydroxyl groups is 1. The fraction of sp³-hybridized carbons (Fsp3) is 0.533. The van der Waals surface area contributed by atoms with Crippen LogP contribution in [0.25, 0.3) is 0 Å². The highest BCUT2D eigenvalue weighted by Crippen LogP contribution is 2.03. The molecule has 3 N–H and O–H groups in total. The number of carbonyl (C=O) groups is 1. The SMILES string of the molecule is CCC(CC)NC(=O)CNCc1ccc(CO)cc1. The zero-order chi connectivity index (χ0) is 14.1. The van der Waals surface area contributed by atoms with Gasteiger partial charge < -0.3 is 15.7 Å². The summed E-state index contributed by atoms with van der Waals surface area (Å²) in [5.74, 6) is 0.0423. The Bertz CT molecular complexity index is 372. The molecule has 106 valence electrons. The van der Waals surface area contributed by atoms with Crippen molar-refractivity contribution in [2.75, 3.05) is 6.54 Å². The highest BCUT2D eigenvalue weighted by Gasteiger charge is 2.07. The monoisotopic (exact) mass is 264 g/mol. The molecule has 0 radical (unpaired) electrons. The summed E-state index contributed by atoms with van der Waals surface area (Å²) in [6.45, 7) is 5.20. The van der Waals surface area contributed by atoms with E-state index in [2.05, 4.69) is 24.5 Å². The topological polar surface area (TPSA) is 61.4 Å². The van der Waals surface area contributed by atoms with Gasteiger partial charge in [-0.1, -0.05) is 38.1 Å². The van der Waals surface area contributed by atoms with E-state index in [9.17, 15) is 4.79 Å². The van der Waals surface area contributed by atoms with Gasteiger partial charge in [-0.05, 0) is 24.0 Å². The molecule has 0 unspecified atom stereocenters. The minimum atomic E-state index is 0.0423. The summed E-state index contributed by atoms with van der Waals surface area (Å²) in [5.41, 5.74) is 2.00. The Labute approximate surface area is 115 Å². The summed E-state index contributed by atoms with van der Waals surface area (Å²) in [7, 11) is 0. The first-order chi connectivity index (χ1) is 9.19. The van der Waals surface area contributed by atoms with E-state index < -0.39 is 0 Å². The van der Waals surface area contributed by atoms with Crippen molar-refractivity contribution in [2.24, 2.45) is 0 Å². The van der Waals surface area contributed by atoms with Crippen molar-refractivity contribution in [3.63, 3.8) is 0 Å². The second-order valence-electron chi connectivity index (χ2n) is 4.66. The molecule has 0 aromatic heterocycles. The Morgan fingerprint density at radius 1 is 1.16 bits per heavy atom. The molecule has 1 aromatic carbocycles. The van der Waals surface area contributed by atoms with Crippen molar-refractivity contribution >= 4 is 5.91 Å². The van der Waals surface area contributed by atoms with Gasteiger partial charge in [-0.2, -0.15) is 0 Å². The molecule has 0 spiro atoms. The Morgan fingerprint density at radius 2 is 1.74 bits per heavy atom. The van der Waals surface area contributed by atoms with Gasteiger partial charge in [0.25, 0.3) is 0 Å². The van der Waals surface area contributed by atoms with Gasteiger partial charge in [0.1, 0.15) is 0 Å². The van der Waals surface area contributed by atoms with E-state index >= 15 is 0 Å². The quantitative estimate of drug-likeness (QED) is 0.668. The number of aliphatic hydroxyl groups excluding tert-OH is 1. The molecule has 1 aromatic rings. The normalized spacial score (nSPS) is 10.7. The molecular weight excluding hydrogens is 240 g/mol. The number of rotatable bonds is 8. The first kappa shape index (κ1) is 15.7. The third kappa shape index (κ3) is 5.85. The van der Waals surface area contributed by atoms with Gasteiger partial charge in [0, 0.05) is 12.6 Å². The highest BCUT2D eigenvalue weighted by atomic mass is 16.3. The van der Waals surface area contributed by atoms with Crippen LogP contribution in [-0.4, -0.2) is 23.6 Å². The molecule has 0 heterocycles. The Morgan fingerprint density at radius 3 is 2.26 bits per heavy atom. The van der Waals surface area contributed by atoms with E-state index in [-0.39, 0.29) is 18.6 Å². The number of amides is 1. The number of hydrogen-bond donors (Lipinski definition) is 3. The summed E-state index contributed by atoms with van der Waals surface area (Å²) in [5, 5.41) is 15.0. The van der Waals surface area contributed by atoms with Crippen LogP contribution in [0, 0.1) is 0 Å². The third-order valence-corrected chi connectivity index (χ3v) is 3.17. The minimum absolute atomic E-state index is 0.0423. The number of benzene rings is 1. The number of nitrogens with one attached hydrogen (secondary N) is 2. The predicted octanol–water partition coefficient (Wildman–Crippen LogP) is 1.57. The van der Waals surface area contributed by atoms with Crippen molar-refractivity contribution < 1.29 is 9.90 Å². The molecule has 0 aliphatic carbocycles. The van der Waals surface area contributed by atoms with Gasteiger partial charge in [-0.25, -0.2) is 0 Å². The lowest BCUT2D eigenvalue weighted by molar-refractivity contribution is -0.121. The maximum atomic E-state index is 11.7. The standard InChI is InChI=1S/C15H24N2O2/c1-3-14(4-2)17-15(19)10-16-9-12-5-7-13(11-18)8-6-12/h5-8,14,16,18H,3-4,9-11H2,1-2H3,(H,17,19). The Hall–Kier alpha value is -1.39. The van der Waals surface area contributed by atoms with Crippen LogP contribution in [0.1, 0.15) is 37.8 Å². The number of hydrogen-bond acceptors (Lipinski definition) is 3. The van der Waals surface area contributed by atoms with Crippen LogP contribution in [0.2, 0.25) is 0 Å². The summed E-state index contributed by atoms with van der Waals surface area (Å²) in [6, 6.07) is 7.97. The molecule has 0 aliphatic rings. The maximum Gasteiger partial charge on any atom is 0.234 e. The fourth-order valence-corrected chi connectivity index (χ4v) is 1.85. The van der Waals surface area contributed by atoms with Gasteiger partial charge in [-0.3, -0.25) is 4.79 Å². The molecule has 0 aliphatic heterocycles. The van der Waals surface area contributed by atoms with Crippen LogP contribution < -0.4 is 10.6 Å². The summed E-state index contributed by atoms with van der Waals surface area (Å²) >= 11 is 0. The average molecular weight is 264 g/mol. The molecule has 0 atom stereocenters. The lowest BCUT2D eigenvalue weighted by atomic mass is 10.1. The van der Waals surface area contributed by atoms with E-state index in [1.54, 1.807) is 0 Å². The summed E-state index contributed by atoms with van der Waals surface area (Å²) in [4.78, 5) is 11.7. The second-order valence-corrected chi connectivity index (χ2v) is 4.66. The number of carbonyl (C=O) groups excluding carboxylic acids is 1. The Kier molecular flexibility index (Phi) is 7.15. The first-order valence-electron chi connectivity index (χ1n) is 6.88. The smallest absolute Gasteiger partial charge is 0.234 e. The first-order valence-corrected chi connectivity index (χ1v) is 6.88. The van der Waals surface area contributed by atoms with Gasteiger partial charge in [-0.15, -0.1) is 0 Å². The molecule has 0 fully saturated rings. The van der Waals surface area contributed by atoms with Gasteiger partial charge >= 0.3 is 0 Å². The lowest BCUT2D eigenvalue weighted by Gasteiger charge is -2.14. The molecule has 19 heavy (non-hydrogen) atoms. The van der Waals surface area contributed by atoms with E-state index in [1.165, 1.54) is 0 Å². The van der Waals surface area contributed by atoms with Crippen molar-refractivity contribution in [1.82, 2.24) is 10.6 Å². The van der Waals surface area contributed by atoms with Crippen LogP contribution in [0.15, 0.2) is 24.3 Å². The van der Waals surface area contributed by atoms with Crippen LogP contribution in [0.3, 0.4) is 0 Å². The molecule has 0 bridgehead atoms. The van der Waals surface area contributed by atoms with E-state index in [0.29, 0.717) is 13.1 Å². The molecule has 1 amide bonds. The third-order valence-electron chi connectivity index (χ3n) is 3.17. The molecule has 4 nitrogen and oxygen atoms in total. The largest absolute Gasteiger partial charge is 0.392 e. The average Bonchev–Trinajstić information content (AvgIpc) is 2.45. The lowest BCUT2D eigenvalue weighted by Crippen LogP contribution is -2.39. The molecule has 0 saturated heterocycles. The van der Waals surface area contributed by atoms with Gasteiger partial charge in [0.2, 0.25) is 5.91 Å². The maximum absolute atomic E-state index is 11.7. The van der Waals surface area contributed by atoms with Crippen molar-refractivity contribution in [1.29, 1.82) is 0 Å². The van der Waals surface area contributed by atoms with E-state index in [0.717, 1.165) is 24.0 Å². The highest BCUT2D eigenvalue weighted by molar-refractivity contribution is 5.78. The van der Waals surface area contributed by atoms with Crippen LogP contribution in [0.5, 0.6) is 0 Å².